The van der Waals surface area contributed by atoms with Crippen LogP contribution in [0.1, 0.15) is 31.9 Å². The highest BCUT2D eigenvalue weighted by Crippen LogP contribution is 2.26. The van der Waals surface area contributed by atoms with E-state index in [9.17, 15) is 0 Å². The summed E-state index contributed by atoms with van der Waals surface area (Å²) in [5, 5.41) is 3.34. The van der Waals surface area contributed by atoms with Crippen molar-refractivity contribution in [3.05, 3.63) is 10.2 Å². The summed E-state index contributed by atoms with van der Waals surface area (Å²) in [4.78, 5) is 11.4. The molecule has 1 saturated heterocycles. The molecular weight excluding hydrogens is 280 g/mol. The molecule has 17 heavy (non-hydrogen) atoms. The number of nitrogens with one attached hydrogen (secondary N) is 1. The van der Waals surface area contributed by atoms with Gasteiger partial charge in [-0.15, -0.1) is 0 Å². The number of hydrogen-bond acceptors (Lipinski definition) is 4. The molecule has 1 aromatic heterocycles. The largest absolute Gasteiger partial charge is 0.369 e. The third kappa shape index (κ3) is 2.89. The quantitative estimate of drug-likeness (QED) is 0.928. The summed E-state index contributed by atoms with van der Waals surface area (Å²) in [5.41, 5.74) is 1.00. The van der Waals surface area contributed by atoms with Gasteiger partial charge in [0.25, 0.3) is 0 Å². The minimum atomic E-state index is 0.863. The van der Waals surface area contributed by atoms with Gasteiger partial charge in [0, 0.05) is 19.6 Å². The number of nitrogens with zero attached hydrogens (tertiary/aromatic N) is 3. The molecule has 0 amide bonds. The van der Waals surface area contributed by atoms with E-state index in [1.165, 1.54) is 12.8 Å². The lowest BCUT2D eigenvalue weighted by Crippen LogP contribution is -2.21. The first kappa shape index (κ1) is 12.6. The van der Waals surface area contributed by atoms with Crippen molar-refractivity contribution < 1.29 is 0 Å². The van der Waals surface area contributed by atoms with Crippen molar-refractivity contribution >= 4 is 27.7 Å². The van der Waals surface area contributed by atoms with E-state index in [0.717, 1.165) is 48.0 Å². The topological polar surface area (TPSA) is 41.1 Å². The van der Waals surface area contributed by atoms with E-state index in [4.69, 9.17) is 0 Å². The third-order valence-electron chi connectivity index (χ3n) is 2.94. The highest BCUT2D eigenvalue weighted by molar-refractivity contribution is 9.10. The minimum Gasteiger partial charge on any atom is -0.369 e. The Morgan fingerprint density at radius 2 is 2.00 bits per heavy atom. The van der Waals surface area contributed by atoms with Gasteiger partial charge in [0.15, 0.2) is 0 Å². The molecular formula is C12H19BrN4. The summed E-state index contributed by atoms with van der Waals surface area (Å²) >= 11 is 3.55. The van der Waals surface area contributed by atoms with Gasteiger partial charge < -0.3 is 10.2 Å². The molecule has 1 aliphatic rings. The lowest BCUT2D eigenvalue weighted by atomic mass is 10.4. The summed E-state index contributed by atoms with van der Waals surface area (Å²) in [7, 11) is 0. The molecule has 2 rings (SSSR count). The lowest BCUT2D eigenvalue weighted by Gasteiger charge is -2.18. The number of aryl methyl sites for hydroxylation is 1. The molecule has 5 heteroatoms. The van der Waals surface area contributed by atoms with Crippen LogP contribution in [0.15, 0.2) is 4.47 Å². The fraction of sp³-hybridized carbons (Fsp3) is 0.667. The van der Waals surface area contributed by atoms with Crippen molar-refractivity contribution in [3.8, 4) is 0 Å². The van der Waals surface area contributed by atoms with Crippen molar-refractivity contribution in [1.29, 1.82) is 0 Å². The molecule has 1 N–H and O–H groups in total. The maximum absolute atomic E-state index is 4.61. The Morgan fingerprint density at radius 1 is 1.29 bits per heavy atom. The molecule has 0 unspecified atom stereocenters. The van der Waals surface area contributed by atoms with Crippen molar-refractivity contribution in [3.63, 3.8) is 0 Å². The van der Waals surface area contributed by atoms with E-state index in [-0.39, 0.29) is 0 Å². The van der Waals surface area contributed by atoms with Crippen LogP contribution in [-0.4, -0.2) is 29.6 Å². The average molecular weight is 299 g/mol. The molecule has 1 aromatic rings. The van der Waals surface area contributed by atoms with Crippen LogP contribution in [0.3, 0.4) is 0 Å². The first-order valence-electron chi connectivity index (χ1n) is 6.25. The zero-order chi connectivity index (χ0) is 12.3. The first-order valence-corrected chi connectivity index (χ1v) is 7.04. The van der Waals surface area contributed by atoms with E-state index >= 15 is 0 Å². The molecule has 0 aromatic carbocycles. The molecule has 0 bridgehead atoms. The summed E-state index contributed by atoms with van der Waals surface area (Å²) in [6.45, 7) is 7.26. The second-order valence-electron chi connectivity index (χ2n) is 4.39. The summed E-state index contributed by atoms with van der Waals surface area (Å²) in [5.74, 6) is 1.78. The van der Waals surface area contributed by atoms with Crippen LogP contribution in [0.25, 0.3) is 0 Å². The van der Waals surface area contributed by atoms with Crippen LogP contribution in [0.5, 0.6) is 0 Å². The Labute approximate surface area is 111 Å². The van der Waals surface area contributed by atoms with Gasteiger partial charge in [-0.2, -0.15) is 4.98 Å². The normalized spacial score (nSPS) is 15.4. The van der Waals surface area contributed by atoms with Gasteiger partial charge in [0.2, 0.25) is 5.95 Å². The van der Waals surface area contributed by atoms with Gasteiger partial charge in [-0.25, -0.2) is 4.98 Å². The van der Waals surface area contributed by atoms with Crippen LogP contribution in [0.4, 0.5) is 11.8 Å². The highest BCUT2D eigenvalue weighted by Gasteiger charge is 2.17. The van der Waals surface area contributed by atoms with Gasteiger partial charge in [-0.05, 0) is 42.1 Å². The summed E-state index contributed by atoms with van der Waals surface area (Å²) in [6, 6.07) is 0. The van der Waals surface area contributed by atoms with Crippen LogP contribution in [0, 0.1) is 6.92 Å². The Balaban J connectivity index is 2.24. The Morgan fingerprint density at radius 3 is 2.65 bits per heavy atom. The molecule has 0 radical (unpaired) electrons. The molecule has 1 fully saturated rings. The lowest BCUT2D eigenvalue weighted by molar-refractivity contribution is 0.879. The number of aromatic nitrogens is 2. The molecule has 0 spiro atoms. The number of halogens is 1. The van der Waals surface area contributed by atoms with Gasteiger partial charge >= 0.3 is 0 Å². The smallest absolute Gasteiger partial charge is 0.227 e. The van der Waals surface area contributed by atoms with E-state index in [0.29, 0.717) is 0 Å². The average Bonchev–Trinajstić information content (AvgIpc) is 2.84. The molecule has 0 atom stereocenters. The van der Waals surface area contributed by atoms with Gasteiger partial charge in [-0.1, -0.05) is 6.92 Å². The van der Waals surface area contributed by atoms with E-state index in [1.807, 2.05) is 6.92 Å². The highest BCUT2D eigenvalue weighted by atomic mass is 79.9. The second-order valence-corrected chi connectivity index (χ2v) is 5.19. The molecule has 0 aliphatic carbocycles. The second kappa shape index (κ2) is 5.67. The standard InChI is InChI=1S/C12H19BrN4/c1-3-6-14-11-10(13)9(2)15-12(16-11)17-7-4-5-8-17/h3-8H2,1-2H3,(H,14,15,16). The maximum Gasteiger partial charge on any atom is 0.227 e. The zero-order valence-electron chi connectivity index (χ0n) is 10.5. The Bertz CT molecular complexity index is 388. The summed E-state index contributed by atoms with van der Waals surface area (Å²) < 4.78 is 0.980. The van der Waals surface area contributed by atoms with Crippen LogP contribution in [-0.2, 0) is 0 Å². The van der Waals surface area contributed by atoms with Gasteiger partial charge in [0.05, 0.1) is 10.2 Å². The van der Waals surface area contributed by atoms with Crippen molar-refractivity contribution in [2.45, 2.75) is 33.1 Å². The molecule has 0 saturated carbocycles. The predicted octanol–water partition coefficient (Wildman–Crippen LogP) is 2.97. The van der Waals surface area contributed by atoms with Crippen molar-refractivity contribution in [2.24, 2.45) is 0 Å². The van der Waals surface area contributed by atoms with Gasteiger partial charge in [0.1, 0.15) is 5.82 Å². The number of anilines is 2. The minimum absolute atomic E-state index is 0.863. The van der Waals surface area contributed by atoms with E-state index in [2.05, 4.69) is 43.0 Å². The molecule has 2 heterocycles. The monoisotopic (exact) mass is 298 g/mol. The fourth-order valence-corrected chi connectivity index (χ4v) is 2.28. The van der Waals surface area contributed by atoms with E-state index < -0.39 is 0 Å². The van der Waals surface area contributed by atoms with E-state index in [1.54, 1.807) is 0 Å². The van der Waals surface area contributed by atoms with Crippen LogP contribution >= 0.6 is 15.9 Å². The Kier molecular flexibility index (Phi) is 4.20. The third-order valence-corrected chi connectivity index (χ3v) is 3.89. The first-order chi connectivity index (χ1) is 8.22. The van der Waals surface area contributed by atoms with Gasteiger partial charge in [-0.3, -0.25) is 0 Å². The van der Waals surface area contributed by atoms with Crippen LogP contribution < -0.4 is 10.2 Å². The zero-order valence-corrected chi connectivity index (χ0v) is 12.0. The molecule has 1 aliphatic heterocycles. The van der Waals surface area contributed by atoms with Crippen molar-refractivity contribution in [2.75, 3.05) is 29.9 Å². The maximum atomic E-state index is 4.61. The summed E-state index contributed by atoms with van der Waals surface area (Å²) in [6.07, 6.45) is 3.58. The van der Waals surface area contributed by atoms with Crippen molar-refractivity contribution in [1.82, 2.24) is 9.97 Å². The number of rotatable bonds is 4. The molecule has 4 nitrogen and oxygen atoms in total. The van der Waals surface area contributed by atoms with Crippen LogP contribution in [0.2, 0.25) is 0 Å². The SMILES string of the molecule is CCCNc1nc(N2CCCC2)nc(C)c1Br. The predicted molar refractivity (Wildman–Crippen MR) is 74.7 cm³/mol. The Hall–Kier alpha value is -0.840. The molecule has 94 valence electrons. The number of hydrogen-bond donors (Lipinski definition) is 1. The fourth-order valence-electron chi connectivity index (χ4n) is 1.96.